The van der Waals surface area contributed by atoms with Gasteiger partial charge in [-0.15, -0.1) is 0 Å². The lowest BCUT2D eigenvalue weighted by Gasteiger charge is -2.16. The quantitative estimate of drug-likeness (QED) is 0.491. The first kappa shape index (κ1) is 10.8. The molecule has 1 rings (SSSR count). The molecule has 0 aliphatic rings. The highest BCUT2D eigenvalue weighted by Crippen LogP contribution is 2.14. The molecule has 0 heterocycles. The van der Waals surface area contributed by atoms with Crippen LogP contribution in [0, 0.1) is 6.92 Å². The number of benzene rings is 1. The van der Waals surface area contributed by atoms with Gasteiger partial charge >= 0.3 is 7.12 Å². The lowest BCUT2D eigenvalue weighted by molar-refractivity contribution is -0.107. The molecule has 0 saturated carbocycles. The smallest absolute Gasteiger partial charge is 0.423 e. The fraction of sp³-hybridized carbons (Fsp3) is 0.222. The molecule has 0 aliphatic carbocycles. The predicted octanol–water partition coefficient (Wildman–Crippen LogP) is -0.733. The minimum atomic E-state index is -1.50. The van der Waals surface area contributed by atoms with Crippen molar-refractivity contribution in [1.29, 1.82) is 0 Å². The van der Waals surface area contributed by atoms with Crippen molar-refractivity contribution in [3.63, 3.8) is 0 Å². The van der Waals surface area contributed by atoms with E-state index in [1.807, 2.05) is 0 Å². The predicted molar refractivity (Wildman–Crippen MR) is 55.5 cm³/mol. The van der Waals surface area contributed by atoms with Gasteiger partial charge in [-0.3, -0.25) is 4.79 Å². The van der Waals surface area contributed by atoms with Gasteiger partial charge < -0.3 is 14.9 Å². The largest absolute Gasteiger partial charge is 0.488 e. The van der Waals surface area contributed by atoms with Crippen molar-refractivity contribution in [3.05, 3.63) is 23.8 Å². The van der Waals surface area contributed by atoms with Crippen LogP contribution in [0.1, 0.15) is 5.56 Å². The Morgan fingerprint density at radius 3 is 2.57 bits per heavy atom. The first-order chi connectivity index (χ1) is 6.57. The van der Waals surface area contributed by atoms with E-state index in [0.29, 0.717) is 23.1 Å². The molecule has 1 aromatic rings. The first-order valence-corrected chi connectivity index (χ1v) is 4.21. The molecule has 0 saturated heterocycles. The number of rotatable bonds is 3. The zero-order valence-corrected chi connectivity index (χ0v) is 8.14. The summed E-state index contributed by atoms with van der Waals surface area (Å²) in [5, 5.41) is 18.1. The van der Waals surface area contributed by atoms with Crippen molar-refractivity contribution < 1.29 is 14.8 Å². The average molecular weight is 193 g/mol. The van der Waals surface area contributed by atoms with Crippen molar-refractivity contribution in [1.82, 2.24) is 0 Å². The maximum Gasteiger partial charge on any atom is 0.488 e. The standard InChI is InChI=1S/C9H12BNO3/c1-7-8(10(13)14)4-3-5-9(7)11(2)6-12/h3-6,13-14H,1-2H3. The summed E-state index contributed by atoms with van der Waals surface area (Å²) >= 11 is 0. The van der Waals surface area contributed by atoms with E-state index in [-0.39, 0.29) is 0 Å². The highest BCUT2D eigenvalue weighted by molar-refractivity contribution is 6.59. The molecule has 0 bridgehead atoms. The zero-order chi connectivity index (χ0) is 10.7. The summed E-state index contributed by atoms with van der Waals surface area (Å²) in [6, 6.07) is 5.04. The van der Waals surface area contributed by atoms with Gasteiger partial charge in [0.1, 0.15) is 0 Å². The second kappa shape index (κ2) is 4.26. The fourth-order valence-electron chi connectivity index (χ4n) is 1.36. The molecule has 2 N–H and O–H groups in total. The van der Waals surface area contributed by atoms with Gasteiger partial charge in [-0.25, -0.2) is 0 Å². The van der Waals surface area contributed by atoms with Gasteiger partial charge in [-0.2, -0.15) is 0 Å². The van der Waals surface area contributed by atoms with E-state index in [1.54, 1.807) is 32.2 Å². The van der Waals surface area contributed by atoms with Crippen LogP contribution >= 0.6 is 0 Å². The van der Waals surface area contributed by atoms with Crippen molar-refractivity contribution in [2.75, 3.05) is 11.9 Å². The second-order valence-electron chi connectivity index (χ2n) is 3.08. The zero-order valence-electron chi connectivity index (χ0n) is 8.14. The van der Waals surface area contributed by atoms with E-state index in [2.05, 4.69) is 0 Å². The third-order valence-corrected chi connectivity index (χ3v) is 2.16. The van der Waals surface area contributed by atoms with Gasteiger partial charge in [-0.1, -0.05) is 12.1 Å². The second-order valence-corrected chi connectivity index (χ2v) is 3.08. The van der Waals surface area contributed by atoms with Crippen LogP contribution in [-0.4, -0.2) is 30.6 Å². The number of nitrogens with zero attached hydrogens (tertiary/aromatic N) is 1. The lowest BCUT2D eigenvalue weighted by atomic mass is 9.77. The number of hydrogen-bond donors (Lipinski definition) is 2. The topological polar surface area (TPSA) is 60.8 Å². The summed E-state index contributed by atoms with van der Waals surface area (Å²) in [5.41, 5.74) is 1.78. The average Bonchev–Trinajstić information content (AvgIpc) is 2.16. The molecule has 14 heavy (non-hydrogen) atoms. The molecule has 0 aliphatic heterocycles. The Balaban J connectivity index is 3.20. The summed E-state index contributed by atoms with van der Waals surface area (Å²) in [6.45, 7) is 1.74. The Morgan fingerprint density at radius 1 is 1.43 bits per heavy atom. The molecule has 4 nitrogen and oxygen atoms in total. The molecule has 0 radical (unpaired) electrons. The molecular formula is C9H12BNO3. The molecule has 74 valence electrons. The molecule has 0 fully saturated rings. The van der Waals surface area contributed by atoms with Gasteiger partial charge in [0.05, 0.1) is 0 Å². The van der Waals surface area contributed by atoms with Gasteiger partial charge in [0.2, 0.25) is 6.41 Å². The fourth-order valence-corrected chi connectivity index (χ4v) is 1.36. The van der Waals surface area contributed by atoms with E-state index < -0.39 is 7.12 Å². The van der Waals surface area contributed by atoms with Gasteiger partial charge in [0.25, 0.3) is 0 Å². The normalized spacial score (nSPS) is 9.71. The molecular weight excluding hydrogens is 181 g/mol. The molecule has 1 aromatic carbocycles. The minimum Gasteiger partial charge on any atom is -0.423 e. The summed E-state index contributed by atoms with van der Waals surface area (Å²) < 4.78 is 0. The van der Waals surface area contributed by atoms with Crippen LogP contribution in [0.25, 0.3) is 0 Å². The van der Waals surface area contributed by atoms with E-state index in [0.717, 1.165) is 0 Å². The van der Waals surface area contributed by atoms with Crippen LogP contribution in [-0.2, 0) is 4.79 Å². The minimum absolute atomic E-state index is 0.413. The van der Waals surface area contributed by atoms with Crippen molar-refractivity contribution in [2.24, 2.45) is 0 Å². The maximum absolute atomic E-state index is 10.5. The van der Waals surface area contributed by atoms with Crippen LogP contribution in [0.5, 0.6) is 0 Å². The number of amides is 1. The number of carbonyl (C=O) groups is 1. The van der Waals surface area contributed by atoms with Crippen LogP contribution in [0.4, 0.5) is 5.69 Å². The van der Waals surface area contributed by atoms with E-state index in [9.17, 15) is 4.79 Å². The van der Waals surface area contributed by atoms with Crippen molar-refractivity contribution in [2.45, 2.75) is 6.92 Å². The van der Waals surface area contributed by atoms with E-state index >= 15 is 0 Å². The lowest BCUT2D eigenvalue weighted by Crippen LogP contribution is -2.33. The van der Waals surface area contributed by atoms with Crippen molar-refractivity contribution in [3.8, 4) is 0 Å². The van der Waals surface area contributed by atoms with Crippen molar-refractivity contribution >= 4 is 24.7 Å². The van der Waals surface area contributed by atoms with Crippen LogP contribution < -0.4 is 10.4 Å². The SMILES string of the molecule is Cc1c(B(O)O)cccc1N(C)C=O. The van der Waals surface area contributed by atoms with Crippen LogP contribution in [0.2, 0.25) is 0 Å². The Morgan fingerprint density at radius 2 is 2.07 bits per heavy atom. The summed E-state index contributed by atoms with van der Waals surface area (Å²) in [4.78, 5) is 11.9. The van der Waals surface area contributed by atoms with Gasteiger partial charge in [0.15, 0.2) is 0 Å². The van der Waals surface area contributed by atoms with Crippen LogP contribution in [0.3, 0.4) is 0 Å². The highest BCUT2D eigenvalue weighted by atomic mass is 16.4. The van der Waals surface area contributed by atoms with Crippen LogP contribution in [0.15, 0.2) is 18.2 Å². The molecule has 0 unspecified atom stereocenters. The summed E-state index contributed by atoms with van der Waals surface area (Å²) in [7, 11) is 0.109. The maximum atomic E-state index is 10.5. The Hall–Kier alpha value is -1.33. The molecule has 0 aromatic heterocycles. The van der Waals surface area contributed by atoms with E-state index in [1.165, 1.54) is 4.90 Å². The Labute approximate surface area is 82.9 Å². The van der Waals surface area contributed by atoms with E-state index in [4.69, 9.17) is 10.0 Å². The van der Waals surface area contributed by atoms with Gasteiger partial charge in [-0.05, 0) is 24.0 Å². The Kier molecular flexibility index (Phi) is 3.27. The highest BCUT2D eigenvalue weighted by Gasteiger charge is 2.16. The summed E-state index contributed by atoms with van der Waals surface area (Å²) in [6.07, 6.45) is 0.676. The molecule has 5 heteroatoms. The molecule has 0 spiro atoms. The monoisotopic (exact) mass is 193 g/mol. The summed E-state index contributed by atoms with van der Waals surface area (Å²) in [5.74, 6) is 0. The molecule has 1 amide bonds. The number of carbonyl (C=O) groups excluding carboxylic acids is 1. The first-order valence-electron chi connectivity index (χ1n) is 4.21. The third-order valence-electron chi connectivity index (χ3n) is 2.16. The number of hydrogen-bond acceptors (Lipinski definition) is 3. The third kappa shape index (κ3) is 1.94. The Bertz CT molecular complexity index is 341. The number of anilines is 1. The molecule has 0 atom stereocenters. The van der Waals surface area contributed by atoms with Gasteiger partial charge in [0, 0.05) is 12.7 Å².